The number of nitrogens with one attached hydrogen (secondary N) is 2. The van der Waals surface area contributed by atoms with E-state index in [-0.39, 0.29) is 0 Å². The van der Waals surface area contributed by atoms with Gasteiger partial charge < -0.3 is 20.4 Å². The van der Waals surface area contributed by atoms with Crippen LogP contribution in [-0.2, 0) is 0 Å². The number of halogens is 1. The average Bonchev–Trinajstić information content (AvgIpc) is 3.12. The molecule has 2 aliphatic rings. The van der Waals surface area contributed by atoms with Gasteiger partial charge in [0.2, 0.25) is 0 Å². The highest BCUT2D eigenvalue weighted by molar-refractivity contribution is 9.10. The highest BCUT2D eigenvalue weighted by atomic mass is 79.9. The first-order valence-corrected chi connectivity index (χ1v) is 11.2. The maximum absolute atomic E-state index is 4.86. The summed E-state index contributed by atoms with van der Waals surface area (Å²) in [5.74, 6) is 1.81. The number of likely N-dealkylation sites (tertiary alicyclic amines) is 1. The first-order valence-electron chi connectivity index (χ1n) is 10.4. The summed E-state index contributed by atoms with van der Waals surface area (Å²) in [6.07, 6.45) is 4.98. The number of para-hydroxylation sites is 1. The number of aliphatic imine (C=N–C) groups is 1. The molecule has 6 heteroatoms. The van der Waals surface area contributed by atoms with E-state index in [1.807, 2.05) is 0 Å². The highest BCUT2D eigenvalue weighted by Gasteiger charge is 2.24. The largest absolute Gasteiger partial charge is 0.368 e. The molecule has 5 nitrogen and oxygen atoms in total. The van der Waals surface area contributed by atoms with Gasteiger partial charge in [-0.1, -0.05) is 12.1 Å². The lowest BCUT2D eigenvalue weighted by atomic mass is 9.94. The molecule has 0 amide bonds. The molecule has 2 aliphatic heterocycles. The molecule has 0 bridgehead atoms. The summed E-state index contributed by atoms with van der Waals surface area (Å²) in [6.45, 7) is 8.53. The maximum atomic E-state index is 4.86. The van der Waals surface area contributed by atoms with Crippen LogP contribution in [0.4, 0.5) is 5.69 Å². The van der Waals surface area contributed by atoms with Crippen molar-refractivity contribution in [2.75, 3.05) is 51.2 Å². The Balaban J connectivity index is 1.48. The zero-order valence-electron chi connectivity index (χ0n) is 16.8. The van der Waals surface area contributed by atoms with E-state index < -0.39 is 0 Å². The molecule has 2 heterocycles. The smallest absolute Gasteiger partial charge is 0.191 e. The Morgan fingerprint density at radius 2 is 1.96 bits per heavy atom. The Morgan fingerprint density at radius 3 is 2.70 bits per heavy atom. The molecule has 0 aromatic heterocycles. The van der Waals surface area contributed by atoms with E-state index in [0.29, 0.717) is 6.04 Å². The Bertz CT molecular complexity index is 612. The molecular formula is C21H34BrN5. The third-order valence-electron chi connectivity index (χ3n) is 5.71. The van der Waals surface area contributed by atoms with E-state index in [2.05, 4.69) is 74.6 Å². The molecule has 27 heavy (non-hydrogen) atoms. The third kappa shape index (κ3) is 6.11. The molecule has 1 atom stereocenters. The predicted octanol–water partition coefficient (Wildman–Crippen LogP) is 3.31. The number of hydrogen-bond acceptors (Lipinski definition) is 3. The van der Waals surface area contributed by atoms with E-state index in [4.69, 9.17) is 4.99 Å². The van der Waals surface area contributed by atoms with Crippen LogP contribution in [0.1, 0.15) is 32.6 Å². The van der Waals surface area contributed by atoms with Gasteiger partial charge in [0.25, 0.3) is 0 Å². The van der Waals surface area contributed by atoms with E-state index in [9.17, 15) is 0 Å². The van der Waals surface area contributed by atoms with Crippen molar-refractivity contribution in [2.24, 2.45) is 10.9 Å². The van der Waals surface area contributed by atoms with Gasteiger partial charge in [-0.3, -0.25) is 4.99 Å². The molecular weight excluding hydrogens is 402 g/mol. The molecule has 1 unspecified atom stereocenters. The summed E-state index contributed by atoms with van der Waals surface area (Å²) in [4.78, 5) is 9.74. The molecule has 1 aromatic rings. The van der Waals surface area contributed by atoms with Gasteiger partial charge >= 0.3 is 0 Å². The van der Waals surface area contributed by atoms with Crippen LogP contribution in [0.2, 0.25) is 0 Å². The van der Waals surface area contributed by atoms with Crippen LogP contribution in [0.5, 0.6) is 0 Å². The average molecular weight is 436 g/mol. The fourth-order valence-corrected chi connectivity index (χ4v) is 4.56. The van der Waals surface area contributed by atoms with Gasteiger partial charge in [0, 0.05) is 36.7 Å². The predicted molar refractivity (Wildman–Crippen MR) is 119 cm³/mol. The summed E-state index contributed by atoms with van der Waals surface area (Å²) >= 11 is 3.68. The van der Waals surface area contributed by atoms with Crippen LogP contribution in [0.3, 0.4) is 0 Å². The van der Waals surface area contributed by atoms with Gasteiger partial charge in [0.15, 0.2) is 5.96 Å². The summed E-state index contributed by atoms with van der Waals surface area (Å²) in [5, 5.41) is 7.08. The van der Waals surface area contributed by atoms with Gasteiger partial charge in [0.1, 0.15) is 0 Å². The quantitative estimate of drug-likeness (QED) is 0.531. The molecule has 0 spiro atoms. The van der Waals surface area contributed by atoms with Crippen LogP contribution in [-0.4, -0.2) is 63.2 Å². The van der Waals surface area contributed by atoms with Crippen molar-refractivity contribution >= 4 is 27.6 Å². The maximum Gasteiger partial charge on any atom is 0.191 e. The van der Waals surface area contributed by atoms with Gasteiger partial charge in [-0.05, 0) is 86.7 Å². The SMILES string of the molecule is CCNC(=NCCC1CCN(C)CC1)NC1CCN(c2ccccc2Br)C1. The number of benzene rings is 1. The molecule has 0 aliphatic carbocycles. The van der Waals surface area contributed by atoms with Crippen molar-refractivity contribution in [2.45, 2.75) is 38.6 Å². The minimum atomic E-state index is 0.443. The highest BCUT2D eigenvalue weighted by Crippen LogP contribution is 2.28. The van der Waals surface area contributed by atoms with Crippen LogP contribution in [0, 0.1) is 5.92 Å². The number of rotatable bonds is 6. The van der Waals surface area contributed by atoms with Crippen LogP contribution >= 0.6 is 15.9 Å². The first kappa shape index (κ1) is 20.5. The minimum absolute atomic E-state index is 0.443. The van der Waals surface area contributed by atoms with Crippen molar-refractivity contribution in [3.63, 3.8) is 0 Å². The molecule has 150 valence electrons. The van der Waals surface area contributed by atoms with Crippen molar-refractivity contribution in [3.8, 4) is 0 Å². The minimum Gasteiger partial charge on any atom is -0.368 e. The van der Waals surface area contributed by atoms with Crippen LogP contribution in [0.25, 0.3) is 0 Å². The topological polar surface area (TPSA) is 42.9 Å². The van der Waals surface area contributed by atoms with Crippen molar-refractivity contribution in [1.82, 2.24) is 15.5 Å². The van der Waals surface area contributed by atoms with Crippen molar-refractivity contribution in [1.29, 1.82) is 0 Å². The third-order valence-corrected chi connectivity index (χ3v) is 6.38. The fraction of sp³-hybridized carbons (Fsp3) is 0.667. The summed E-state index contributed by atoms with van der Waals surface area (Å²) in [6, 6.07) is 8.92. The summed E-state index contributed by atoms with van der Waals surface area (Å²) in [7, 11) is 2.22. The zero-order chi connectivity index (χ0) is 19.1. The second-order valence-corrected chi connectivity index (χ2v) is 8.68. The standard InChI is InChI=1S/C21H34BrN5/c1-3-23-21(24-12-8-17-9-13-26(2)14-10-17)25-18-11-15-27(16-18)20-7-5-4-6-19(20)22/h4-7,17-18H,3,8-16H2,1-2H3,(H2,23,24,25). The fourth-order valence-electron chi connectivity index (χ4n) is 4.03. The van der Waals surface area contributed by atoms with Gasteiger partial charge in [-0.2, -0.15) is 0 Å². The van der Waals surface area contributed by atoms with Crippen LogP contribution < -0.4 is 15.5 Å². The Morgan fingerprint density at radius 1 is 1.19 bits per heavy atom. The van der Waals surface area contributed by atoms with E-state index in [1.165, 1.54) is 42.5 Å². The zero-order valence-corrected chi connectivity index (χ0v) is 18.3. The normalized spacial score (nSPS) is 22.3. The van der Waals surface area contributed by atoms with Gasteiger partial charge in [0.05, 0.1) is 5.69 Å². The summed E-state index contributed by atoms with van der Waals surface area (Å²) < 4.78 is 1.17. The number of anilines is 1. The lowest BCUT2D eigenvalue weighted by Crippen LogP contribution is -2.44. The van der Waals surface area contributed by atoms with Gasteiger partial charge in [-0.15, -0.1) is 0 Å². The molecule has 1 aromatic carbocycles. The van der Waals surface area contributed by atoms with Crippen molar-refractivity contribution < 1.29 is 0 Å². The second-order valence-electron chi connectivity index (χ2n) is 7.82. The lowest BCUT2D eigenvalue weighted by Gasteiger charge is -2.28. The number of nitrogens with zero attached hydrogens (tertiary/aromatic N) is 3. The Kier molecular flexibility index (Phi) is 7.82. The molecule has 2 fully saturated rings. The van der Waals surface area contributed by atoms with Gasteiger partial charge in [-0.25, -0.2) is 0 Å². The Hall–Kier alpha value is -1.27. The lowest BCUT2D eigenvalue weighted by molar-refractivity contribution is 0.214. The van der Waals surface area contributed by atoms with E-state index >= 15 is 0 Å². The monoisotopic (exact) mass is 435 g/mol. The number of piperidine rings is 1. The molecule has 0 radical (unpaired) electrons. The molecule has 2 N–H and O–H groups in total. The van der Waals surface area contributed by atoms with E-state index in [0.717, 1.165) is 44.5 Å². The summed E-state index contributed by atoms with van der Waals surface area (Å²) in [5.41, 5.74) is 1.28. The Labute approximate surface area is 172 Å². The number of hydrogen-bond donors (Lipinski definition) is 2. The van der Waals surface area contributed by atoms with E-state index in [1.54, 1.807) is 0 Å². The number of guanidine groups is 1. The molecule has 3 rings (SSSR count). The second kappa shape index (κ2) is 10.3. The molecule has 2 saturated heterocycles. The first-order chi connectivity index (χ1) is 13.2. The molecule has 0 saturated carbocycles. The van der Waals surface area contributed by atoms with Crippen molar-refractivity contribution in [3.05, 3.63) is 28.7 Å². The van der Waals surface area contributed by atoms with Crippen LogP contribution in [0.15, 0.2) is 33.7 Å².